The SMILES string of the molecule is O=C1C2C=CC(C(O)c3cccs3)N(Nc3ccc([N+](=O)[O-])cc3)[C@@H]2C(=O)N1c1ccccc1N1CCCCC1. The maximum absolute atomic E-state index is 14.2. The average molecular weight is 560 g/mol. The van der Waals surface area contributed by atoms with E-state index in [2.05, 4.69) is 10.3 Å². The third kappa shape index (κ3) is 4.66. The molecular weight excluding hydrogens is 530 g/mol. The Labute approximate surface area is 235 Å². The van der Waals surface area contributed by atoms with Gasteiger partial charge in [-0.25, -0.2) is 9.91 Å². The zero-order chi connectivity index (χ0) is 27.8. The Kier molecular flexibility index (Phi) is 7.09. The quantitative estimate of drug-likeness (QED) is 0.188. The number of rotatable bonds is 7. The normalized spacial score (nSPS) is 23.8. The van der Waals surface area contributed by atoms with Gasteiger partial charge in [-0.05, 0) is 55.0 Å². The van der Waals surface area contributed by atoms with Crippen LogP contribution >= 0.6 is 11.3 Å². The predicted octanol–water partition coefficient (Wildman–Crippen LogP) is 4.51. The smallest absolute Gasteiger partial charge is 0.269 e. The van der Waals surface area contributed by atoms with Crippen molar-refractivity contribution in [3.05, 3.63) is 93.2 Å². The number of para-hydroxylation sites is 2. The summed E-state index contributed by atoms with van der Waals surface area (Å²) in [5.41, 5.74) is 5.06. The Bertz CT molecular complexity index is 1440. The molecule has 11 heteroatoms. The van der Waals surface area contributed by atoms with Crippen LogP contribution in [0.25, 0.3) is 0 Å². The second-order valence-corrected chi connectivity index (χ2v) is 11.2. The number of nitrogens with zero attached hydrogens (tertiary/aromatic N) is 4. The van der Waals surface area contributed by atoms with Gasteiger partial charge < -0.3 is 15.4 Å². The summed E-state index contributed by atoms with van der Waals surface area (Å²) in [6.45, 7) is 1.73. The second-order valence-electron chi connectivity index (χ2n) is 10.2. The van der Waals surface area contributed by atoms with E-state index in [1.165, 1.54) is 28.4 Å². The number of carbonyl (C=O) groups is 2. The van der Waals surface area contributed by atoms with E-state index in [9.17, 15) is 24.8 Å². The molecule has 2 saturated heterocycles. The van der Waals surface area contributed by atoms with Gasteiger partial charge in [-0.2, -0.15) is 0 Å². The van der Waals surface area contributed by atoms with Crippen LogP contribution in [0.2, 0.25) is 0 Å². The summed E-state index contributed by atoms with van der Waals surface area (Å²) < 4.78 is 0. The Morgan fingerprint density at radius 1 is 0.925 bits per heavy atom. The molecule has 0 bridgehead atoms. The molecule has 0 saturated carbocycles. The number of nitro benzene ring substituents is 1. The zero-order valence-electron chi connectivity index (χ0n) is 21.6. The molecule has 3 aromatic rings. The van der Waals surface area contributed by atoms with Crippen molar-refractivity contribution >= 4 is 45.9 Å². The Balaban J connectivity index is 1.37. The van der Waals surface area contributed by atoms with Gasteiger partial charge >= 0.3 is 0 Å². The van der Waals surface area contributed by atoms with Gasteiger partial charge in [-0.1, -0.05) is 30.4 Å². The van der Waals surface area contributed by atoms with E-state index in [0.717, 1.165) is 38.0 Å². The van der Waals surface area contributed by atoms with Gasteiger partial charge in [0.2, 0.25) is 5.91 Å². The minimum absolute atomic E-state index is 0.0650. The van der Waals surface area contributed by atoms with Crippen LogP contribution in [-0.2, 0) is 9.59 Å². The van der Waals surface area contributed by atoms with Crippen molar-refractivity contribution in [3.8, 4) is 0 Å². The number of amides is 2. The fraction of sp³-hybridized carbons (Fsp3) is 0.310. The number of non-ortho nitro benzene ring substituents is 1. The molecule has 4 heterocycles. The molecule has 2 amide bonds. The van der Waals surface area contributed by atoms with Crippen molar-refractivity contribution < 1.29 is 19.6 Å². The highest BCUT2D eigenvalue weighted by atomic mass is 32.1. The van der Waals surface area contributed by atoms with Crippen molar-refractivity contribution in [2.45, 2.75) is 37.5 Å². The van der Waals surface area contributed by atoms with Gasteiger partial charge in [0.05, 0.1) is 28.3 Å². The largest absolute Gasteiger partial charge is 0.386 e. The summed E-state index contributed by atoms with van der Waals surface area (Å²) in [5, 5.41) is 26.0. The topological polar surface area (TPSA) is 119 Å². The lowest BCUT2D eigenvalue weighted by Crippen LogP contribution is -2.55. The summed E-state index contributed by atoms with van der Waals surface area (Å²) in [5.74, 6) is -1.48. The highest BCUT2D eigenvalue weighted by Gasteiger charge is 2.54. The molecule has 3 aliphatic heterocycles. The standard InChI is InChI=1S/C29H29N5O5S/c35-27(25-9-6-18-40-25)24-15-14-21-26(33(24)30-19-10-12-20(13-11-19)34(38)39)29(37)32(28(21)36)23-8-3-2-7-22(23)31-16-4-1-5-17-31/h2-3,6-15,18,21,24,26-27,30,35H,1,4-5,16-17H2/t21?,24?,26-,27?/m0/s1. The number of benzene rings is 2. The third-order valence-electron chi connectivity index (χ3n) is 7.77. The molecule has 40 heavy (non-hydrogen) atoms. The van der Waals surface area contributed by atoms with E-state index < -0.39 is 29.0 Å². The fourth-order valence-electron chi connectivity index (χ4n) is 5.80. The summed E-state index contributed by atoms with van der Waals surface area (Å²) in [4.78, 5) is 42.9. The van der Waals surface area contributed by atoms with Crippen molar-refractivity contribution in [2.24, 2.45) is 5.92 Å². The van der Waals surface area contributed by atoms with E-state index in [0.29, 0.717) is 16.3 Å². The minimum Gasteiger partial charge on any atom is -0.386 e. The molecule has 2 N–H and O–H groups in total. The molecule has 10 nitrogen and oxygen atoms in total. The fourth-order valence-corrected chi connectivity index (χ4v) is 6.55. The second kappa shape index (κ2) is 10.8. The number of hydrogen-bond acceptors (Lipinski definition) is 9. The van der Waals surface area contributed by atoms with E-state index in [-0.39, 0.29) is 17.5 Å². The number of hydrazine groups is 1. The van der Waals surface area contributed by atoms with Crippen LogP contribution in [0.5, 0.6) is 0 Å². The summed E-state index contributed by atoms with van der Waals surface area (Å²) in [6.07, 6.45) is 5.78. The van der Waals surface area contributed by atoms with Gasteiger partial charge in [-0.15, -0.1) is 11.3 Å². The van der Waals surface area contributed by atoms with Crippen molar-refractivity contribution in [1.82, 2.24) is 5.01 Å². The summed E-state index contributed by atoms with van der Waals surface area (Å²) in [7, 11) is 0. The highest BCUT2D eigenvalue weighted by Crippen LogP contribution is 2.41. The molecule has 0 radical (unpaired) electrons. The highest BCUT2D eigenvalue weighted by molar-refractivity contribution is 7.10. The van der Waals surface area contributed by atoms with Gasteiger partial charge in [0.15, 0.2) is 0 Å². The lowest BCUT2D eigenvalue weighted by atomic mass is 9.92. The molecule has 0 spiro atoms. The Morgan fingerprint density at radius 3 is 2.33 bits per heavy atom. The average Bonchev–Trinajstić information content (AvgIpc) is 3.61. The van der Waals surface area contributed by atoms with Crippen LogP contribution in [0, 0.1) is 16.0 Å². The number of aliphatic hydroxyl groups excluding tert-OH is 1. The summed E-state index contributed by atoms with van der Waals surface area (Å²) in [6, 6.07) is 15.4. The van der Waals surface area contributed by atoms with Crippen LogP contribution in [0.3, 0.4) is 0 Å². The number of hydrogen-bond donors (Lipinski definition) is 2. The first-order valence-electron chi connectivity index (χ1n) is 13.3. The van der Waals surface area contributed by atoms with Gasteiger partial charge in [0.1, 0.15) is 12.1 Å². The predicted molar refractivity (Wildman–Crippen MR) is 153 cm³/mol. The molecular formula is C29H29N5O5S. The lowest BCUT2D eigenvalue weighted by molar-refractivity contribution is -0.384. The van der Waals surface area contributed by atoms with Crippen molar-refractivity contribution in [3.63, 3.8) is 0 Å². The van der Waals surface area contributed by atoms with Crippen molar-refractivity contribution in [2.75, 3.05) is 28.3 Å². The Hall–Kier alpha value is -4.06. The number of aliphatic hydroxyl groups is 1. The minimum atomic E-state index is -0.972. The molecule has 2 aromatic carbocycles. The number of imide groups is 1. The maximum Gasteiger partial charge on any atom is 0.269 e. The number of piperidine rings is 1. The van der Waals surface area contributed by atoms with E-state index in [1.807, 2.05) is 41.8 Å². The van der Waals surface area contributed by atoms with Crippen LogP contribution in [0.4, 0.5) is 22.7 Å². The van der Waals surface area contributed by atoms with Crippen LogP contribution in [-0.4, -0.2) is 52.0 Å². The molecule has 2 fully saturated rings. The molecule has 1 aromatic heterocycles. The monoisotopic (exact) mass is 559 g/mol. The maximum atomic E-state index is 14.2. The molecule has 0 aliphatic carbocycles. The number of nitro groups is 1. The first-order chi connectivity index (χ1) is 19.4. The number of carbonyl (C=O) groups excluding carboxylic acids is 2. The van der Waals surface area contributed by atoms with E-state index in [4.69, 9.17) is 0 Å². The first-order valence-corrected chi connectivity index (χ1v) is 14.2. The van der Waals surface area contributed by atoms with Crippen LogP contribution in [0.1, 0.15) is 30.2 Å². The molecule has 6 rings (SSSR count). The molecule has 206 valence electrons. The van der Waals surface area contributed by atoms with E-state index >= 15 is 0 Å². The molecule has 4 atom stereocenters. The Morgan fingerprint density at radius 2 is 1.65 bits per heavy atom. The van der Waals surface area contributed by atoms with Gasteiger partial charge in [0.25, 0.3) is 11.6 Å². The lowest BCUT2D eigenvalue weighted by Gasteiger charge is -2.40. The van der Waals surface area contributed by atoms with Gasteiger partial charge in [-0.3, -0.25) is 19.7 Å². The number of thiophene rings is 1. The van der Waals surface area contributed by atoms with Crippen LogP contribution < -0.4 is 15.2 Å². The van der Waals surface area contributed by atoms with Crippen LogP contribution in [0.15, 0.2) is 78.2 Å². The van der Waals surface area contributed by atoms with E-state index in [1.54, 1.807) is 29.3 Å². The first kappa shape index (κ1) is 26.2. The number of anilines is 3. The molecule has 3 aliphatic rings. The van der Waals surface area contributed by atoms with Gasteiger partial charge in [0, 0.05) is 35.8 Å². The zero-order valence-corrected chi connectivity index (χ0v) is 22.4. The number of nitrogens with one attached hydrogen (secondary N) is 1. The third-order valence-corrected chi connectivity index (χ3v) is 8.71. The summed E-state index contributed by atoms with van der Waals surface area (Å²) >= 11 is 1.40. The van der Waals surface area contributed by atoms with Crippen molar-refractivity contribution in [1.29, 1.82) is 0 Å². The molecule has 3 unspecified atom stereocenters. The number of fused-ring (bicyclic) bond motifs is 1.